The second kappa shape index (κ2) is 7.11. The summed E-state index contributed by atoms with van der Waals surface area (Å²) in [5, 5.41) is 30.5. The van der Waals surface area contributed by atoms with Gasteiger partial charge in [-0.05, 0) is 42.5 Å². The van der Waals surface area contributed by atoms with E-state index in [1.54, 1.807) is 6.20 Å². The van der Waals surface area contributed by atoms with E-state index >= 15 is 0 Å². The van der Waals surface area contributed by atoms with E-state index in [9.17, 15) is 10.4 Å². The van der Waals surface area contributed by atoms with E-state index in [2.05, 4.69) is 31.8 Å². The molecule has 1 aliphatic carbocycles. The summed E-state index contributed by atoms with van der Waals surface area (Å²) in [5.41, 5.74) is 3.37. The lowest BCUT2D eigenvalue weighted by molar-refractivity contribution is 0.219. The van der Waals surface area contributed by atoms with Gasteiger partial charge in [-0.25, -0.2) is 9.97 Å². The summed E-state index contributed by atoms with van der Waals surface area (Å²) in [4.78, 5) is 8.95. The average molecular weight is 401 g/mol. The lowest BCUT2D eigenvalue weighted by Crippen LogP contribution is -2.28. The Kier molecular flexibility index (Phi) is 4.40. The molecule has 1 unspecified atom stereocenters. The number of anilines is 3. The molecule has 8 nitrogen and oxygen atoms in total. The third-order valence-electron chi connectivity index (χ3n) is 5.89. The van der Waals surface area contributed by atoms with E-state index < -0.39 is 5.41 Å². The fraction of sp³-hybridized carbons (Fsp3) is 0.364. The van der Waals surface area contributed by atoms with Crippen LogP contribution in [0.4, 0.5) is 17.5 Å². The van der Waals surface area contributed by atoms with Crippen molar-refractivity contribution in [1.29, 1.82) is 5.26 Å². The molecule has 1 saturated carbocycles. The molecule has 1 fully saturated rings. The van der Waals surface area contributed by atoms with Crippen LogP contribution in [0.3, 0.4) is 0 Å². The molecule has 0 saturated heterocycles. The first kappa shape index (κ1) is 18.6. The van der Waals surface area contributed by atoms with Crippen molar-refractivity contribution in [3.63, 3.8) is 0 Å². The maximum Gasteiger partial charge on any atom is 0.228 e. The minimum absolute atomic E-state index is 0.00141. The number of nitriles is 1. The number of hydrogen-bond acceptors (Lipinski definition) is 7. The second-order valence-corrected chi connectivity index (χ2v) is 8.39. The number of nitrogens with one attached hydrogen (secondary N) is 2. The zero-order chi connectivity index (χ0) is 20.7. The van der Waals surface area contributed by atoms with Crippen LogP contribution < -0.4 is 10.6 Å². The lowest BCUT2D eigenvalue weighted by Gasteiger charge is -2.21. The van der Waals surface area contributed by atoms with Crippen LogP contribution in [-0.4, -0.2) is 38.0 Å². The molecule has 5 rings (SSSR count). The summed E-state index contributed by atoms with van der Waals surface area (Å²) >= 11 is 0. The van der Waals surface area contributed by atoms with Gasteiger partial charge in [0, 0.05) is 42.5 Å². The van der Waals surface area contributed by atoms with Crippen molar-refractivity contribution in [2.45, 2.75) is 31.7 Å². The summed E-state index contributed by atoms with van der Waals surface area (Å²) in [5.74, 6) is 1.91. The Hall–Kier alpha value is -3.44. The molecule has 3 N–H and O–H groups in total. The van der Waals surface area contributed by atoms with Crippen molar-refractivity contribution in [2.75, 3.05) is 23.8 Å². The molecule has 152 valence electrons. The number of nitrogens with zero attached hydrogens (tertiary/aromatic N) is 5. The first-order valence-electron chi connectivity index (χ1n) is 10.2. The molecule has 8 heteroatoms. The number of fused-ring (bicyclic) bond motifs is 1. The van der Waals surface area contributed by atoms with Crippen molar-refractivity contribution in [3.8, 4) is 17.3 Å². The average Bonchev–Trinajstić information content (AvgIpc) is 3.37. The topological polar surface area (TPSA) is 112 Å². The highest BCUT2D eigenvalue weighted by Crippen LogP contribution is 2.41. The second-order valence-electron chi connectivity index (χ2n) is 8.39. The molecule has 2 aromatic heterocycles. The van der Waals surface area contributed by atoms with Gasteiger partial charge in [-0.3, -0.25) is 4.68 Å². The van der Waals surface area contributed by atoms with Gasteiger partial charge < -0.3 is 15.7 Å². The Morgan fingerprint density at radius 3 is 3.00 bits per heavy atom. The first-order valence-corrected chi connectivity index (χ1v) is 10.2. The fourth-order valence-corrected chi connectivity index (χ4v) is 3.85. The Bertz CT molecular complexity index is 1140. The molecule has 1 atom stereocenters. The monoisotopic (exact) mass is 401 g/mol. The minimum Gasteiger partial charge on any atom is -0.395 e. The van der Waals surface area contributed by atoms with Gasteiger partial charge in [0.2, 0.25) is 5.95 Å². The molecule has 0 radical (unpaired) electrons. The SMILES string of the molecule is CC1(CO)CNc2c(C#N)cc(-c3ccnc(Nc4ccn(CC5CC5)n4)n3)cc21. The van der Waals surface area contributed by atoms with Crippen molar-refractivity contribution in [2.24, 2.45) is 5.92 Å². The number of hydrogen-bond donors (Lipinski definition) is 3. The zero-order valence-corrected chi connectivity index (χ0v) is 16.8. The number of benzene rings is 1. The Labute approximate surface area is 174 Å². The molecule has 0 spiro atoms. The number of aliphatic hydroxyl groups excluding tert-OH is 1. The summed E-state index contributed by atoms with van der Waals surface area (Å²) in [7, 11) is 0. The number of rotatable bonds is 6. The van der Waals surface area contributed by atoms with E-state index in [1.807, 2.05) is 42.1 Å². The van der Waals surface area contributed by atoms with Crippen molar-refractivity contribution < 1.29 is 5.11 Å². The Balaban J connectivity index is 1.45. The highest BCUT2D eigenvalue weighted by molar-refractivity contribution is 5.76. The van der Waals surface area contributed by atoms with Crippen molar-refractivity contribution in [3.05, 3.63) is 47.8 Å². The largest absolute Gasteiger partial charge is 0.395 e. The molecular weight excluding hydrogens is 378 g/mol. The third-order valence-corrected chi connectivity index (χ3v) is 5.89. The Morgan fingerprint density at radius 2 is 2.23 bits per heavy atom. The highest BCUT2D eigenvalue weighted by atomic mass is 16.3. The maximum absolute atomic E-state index is 9.90. The molecular formula is C22H23N7O. The molecule has 0 bridgehead atoms. The normalized spacial score (nSPS) is 19.8. The van der Waals surface area contributed by atoms with Crippen molar-refractivity contribution in [1.82, 2.24) is 19.7 Å². The predicted molar refractivity (Wildman–Crippen MR) is 113 cm³/mol. The van der Waals surface area contributed by atoms with Gasteiger partial charge in [-0.2, -0.15) is 10.4 Å². The molecule has 3 aromatic rings. The molecule has 1 aromatic carbocycles. The van der Waals surface area contributed by atoms with Crippen LogP contribution in [0.1, 0.15) is 30.9 Å². The summed E-state index contributed by atoms with van der Waals surface area (Å²) < 4.78 is 1.95. The maximum atomic E-state index is 9.90. The summed E-state index contributed by atoms with van der Waals surface area (Å²) in [6.07, 6.45) is 6.22. The van der Waals surface area contributed by atoms with Gasteiger partial charge in [-0.15, -0.1) is 0 Å². The Morgan fingerprint density at radius 1 is 1.37 bits per heavy atom. The van der Waals surface area contributed by atoms with E-state index in [4.69, 9.17) is 0 Å². The van der Waals surface area contributed by atoms with Gasteiger partial charge in [0.05, 0.1) is 23.6 Å². The van der Waals surface area contributed by atoms with E-state index in [0.29, 0.717) is 29.6 Å². The van der Waals surface area contributed by atoms with Crippen LogP contribution in [-0.2, 0) is 12.0 Å². The van der Waals surface area contributed by atoms with E-state index in [-0.39, 0.29) is 6.61 Å². The van der Waals surface area contributed by atoms with Crippen molar-refractivity contribution >= 4 is 17.5 Å². The first-order chi connectivity index (χ1) is 14.6. The van der Waals surface area contributed by atoms with Gasteiger partial charge in [0.15, 0.2) is 5.82 Å². The standard InChI is InChI=1S/C22H23N7O/c1-22(13-30)12-25-20-16(10-23)8-15(9-17(20)22)18-4-6-24-21(26-18)27-19-5-7-29(28-19)11-14-2-3-14/h4-9,14,25,30H,2-3,11-13H2,1H3,(H,24,26,27,28). The van der Waals surface area contributed by atoms with Crippen LogP contribution in [0.15, 0.2) is 36.7 Å². The van der Waals surface area contributed by atoms with E-state index in [1.165, 1.54) is 12.8 Å². The quantitative estimate of drug-likeness (QED) is 0.582. The molecule has 30 heavy (non-hydrogen) atoms. The van der Waals surface area contributed by atoms with Gasteiger partial charge >= 0.3 is 0 Å². The lowest BCUT2D eigenvalue weighted by atomic mass is 9.83. The van der Waals surface area contributed by atoms with Crippen LogP contribution >= 0.6 is 0 Å². The minimum atomic E-state index is -0.431. The number of aliphatic hydroxyl groups is 1. The fourth-order valence-electron chi connectivity index (χ4n) is 3.85. The molecule has 2 aliphatic rings. The van der Waals surface area contributed by atoms with Crippen LogP contribution in [0, 0.1) is 17.2 Å². The van der Waals surface area contributed by atoms with Gasteiger partial charge in [-0.1, -0.05) is 6.92 Å². The zero-order valence-electron chi connectivity index (χ0n) is 16.8. The van der Waals surface area contributed by atoms with Crippen LogP contribution in [0.25, 0.3) is 11.3 Å². The van der Waals surface area contributed by atoms with Crippen LogP contribution in [0.5, 0.6) is 0 Å². The predicted octanol–water partition coefficient (Wildman–Crippen LogP) is 3.04. The van der Waals surface area contributed by atoms with E-state index in [0.717, 1.165) is 29.3 Å². The molecule has 1 aliphatic heterocycles. The van der Waals surface area contributed by atoms with Gasteiger partial charge in [0.1, 0.15) is 6.07 Å². The summed E-state index contributed by atoms with van der Waals surface area (Å²) in [6, 6.07) is 9.82. The highest BCUT2D eigenvalue weighted by Gasteiger charge is 2.36. The third kappa shape index (κ3) is 3.37. The smallest absolute Gasteiger partial charge is 0.228 e. The van der Waals surface area contributed by atoms with Gasteiger partial charge in [0.25, 0.3) is 0 Å². The summed E-state index contributed by atoms with van der Waals surface area (Å²) in [6.45, 7) is 3.53. The molecule has 0 amide bonds. The number of aromatic nitrogens is 4. The molecule has 3 heterocycles. The van der Waals surface area contributed by atoms with Crippen LogP contribution in [0.2, 0.25) is 0 Å².